The minimum absolute atomic E-state index is 0.000982. The van der Waals surface area contributed by atoms with Crippen molar-refractivity contribution >= 4 is 17.6 Å². The van der Waals surface area contributed by atoms with Gasteiger partial charge in [-0.2, -0.15) is 0 Å². The number of fused-ring (bicyclic) bond motifs is 4. The van der Waals surface area contributed by atoms with Crippen LogP contribution in [0.3, 0.4) is 0 Å². The van der Waals surface area contributed by atoms with Crippen molar-refractivity contribution in [3.05, 3.63) is 54.1 Å². The first-order valence-corrected chi connectivity index (χ1v) is 10.2. The molecule has 1 spiro atoms. The number of ether oxygens (including phenoxy) is 1. The molecular weight excluding hydrogens is 420 g/mol. The van der Waals surface area contributed by atoms with E-state index in [1.54, 1.807) is 11.8 Å². The van der Waals surface area contributed by atoms with Gasteiger partial charge in [-0.3, -0.25) is 20.1 Å². The van der Waals surface area contributed by atoms with Crippen molar-refractivity contribution in [2.75, 3.05) is 11.4 Å². The van der Waals surface area contributed by atoms with Crippen molar-refractivity contribution in [2.24, 2.45) is 5.41 Å². The van der Waals surface area contributed by atoms with Crippen molar-refractivity contribution in [1.29, 1.82) is 0 Å². The Morgan fingerprint density at radius 2 is 2.00 bits per heavy atom. The number of hydrogen-bond donors (Lipinski definition) is 2. The van der Waals surface area contributed by atoms with Crippen LogP contribution in [0.15, 0.2) is 36.9 Å². The maximum atomic E-state index is 15.6. The van der Waals surface area contributed by atoms with E-state index in [1.807, 2.05) is 6.92 Å². The van der Waals surface area contributed by atoms with Gasteiger partial charge in [-0.25, -0.2) is 13.6 Å². The largest absolute Gasteiger partial charge is 0.372 e. The van der Waals surface area contributed by atoms with E-state index in [4.69, 9.17) is 4.74 Å². The second kappa shape index (κ2) is 7.06. The monoisotopic (exact) mass is 441 g/mol. The minimum atomic E-state index is -1.33. The molecule has 1 aromatic carbocycles. The first-order chi connectivity index (χ1) is 15.2. The molecular formula is C22H21F2N5O3. The Morgan fingerprint density at radius 1 is 1.22 bits per heavy atom. The van der Waals surface area contributed by atoms with Gasteiger partial charge in [-0.1, -0.05) is 6.58 Å². The maximum Gasteiger partial charge on any atom is 0.325 e. The lowest BCUT2D eigenvalue weighted by atomic mass is 9.65. The first-order valence-electron chi connectivity index (χ1n) is 10.2. The van der Waals surface area contributed by atoms with Gasteiger partial charge in [0.25, 0.3) is 0 Å². The Kier molecular flexibility index (Phi) is 4.52. The molecule has 4 heterocycles. The molecule has 2 saturated heterocycles. The maximum absolute atomic E-state index is 15.6. The van der Waals surface area contributed by atoms with E-state index in [1.165, 1.54) is 24.7 Å². The lowest BCUT2D eigenvalue weighted by molar-refractivity contribution is -0.136. The molecule has 10 heteroatoms. The van der Waals surface area contributed by atoms with Crippen molar-refractivity contribution < 1.29 is 23.1 Å². The topological polar surface area (TPSA) is 96.5 Å². The summed E-state index contributed by atoms with van der Waals surface area (Å²) in [5.41, 5.74) is -0.512. The summed E-state index contributed by atoms with van der Waals surface area (Å²) in [6, 6.07) is 0.124. The number of carbonyl (C=O) groups is 2. The third kappa shape index (κ3) is 2.75. The molecule has 3 aliphatic rings. The fourth-order valence-corrected chi connectivity index (χ4v) is 5.30. The zero-order chi connectivity index (χ0) is 22.8. The molecule has 32 heavy (non-hydrogen) atoms. The van der Waals surface area contributed by atoms with E-state index in [2.05, 4.69) is 27.2 Å². The number of amides is 3. The van der Waals surface area contributed by atoms with Gasteiger partial charge in [0.2, 0.25) is 5.91 Å². The molecule has 2 fully saturated rings. The van der Waals surface area contributed by atoms with Gasteiger partial charge in [0.05, 0.1) is 35.8 Å². The summed E-state index contributed by atoms with van der Waals surface area (Å²) < 4.78 is 36.8. The molecule has 3 aliphatic heterocycles. The van der Waals surface area contributed by atoms with Crippen LogP contribution in [-0.2, 0) is 16.0 Å². The SMILES string of the molecule is C=C1NC(=O)NC(=O)C12Cc1cc(-c3cnccn3)c(F)c(F)c1N1C[C@@H](C)O[C@@H](C)[C@@H]12. The van der Waals surface area contributed by atoms with Gasteiger partial charge in [0.1, 0.15) is 5.41 Å². The number of nitrogens with one attached hydrogen (secondary N) is 2. The van der Waals surface area contributed by atoms with Crippen LogP contribution in [0, 0.1) is 17.0 Å². The van der Waals surface area contributed by atoms with Crippen molar-refractivity contribution in [1.82, 2.24) is 20.6 Å². The summed E-state index contributed by atoms with van der Waals surface area (Å²) in [4.78, 5) is 34.9. The molecule has 2 aromatic rings. The van der Waals surface area contributed by atoms with E-state index < -0.39 is 41.1 Å². The summed E-state index contributed by atoms with van der Waals surface area (Å²) in [5.74, 6) is -2.61. The predicted octanol–water partition coefficient (Wildman–Crippen LogP) is 2.30. The number of rotatable bonds is 1. The number of halogens is 2. The van der Waals surface area contributed by atoms with Gasteiger partial charge >= 0.3 is 6.03 Å². The highest BCUT2D eigenvalue weighted by atomic mass is 19.2. The molecule has 0 saturated carbocycles. The van der Waals surface area contributed by atoms with Gasteiger partial charge in [-0.15, -0.1) is 0 Å². The Balaban J connectivity index is 1.76. The number of urea groups is 1. The van der Waals surface area contributed by atoms with Gasteiger partial charge < -0.3 is 15.0 Å². The van der Waals surface area contributed by atoms with E-state index in [-0.39, 0.29) is 41.7 Å². The summed E-state index contributed by atoms with van der Waals surface area (Å²) in [5, 5.41) is 4.92. The number of anilines is 1. The Morgan fingerprint density at radius 3 is 2.69 bits per heavy atom. The molecule has 3 amide bonds. The molecule has 8 nitrogen and oxygen atoms in total. The predicted molar refractivity (Wildman–Crippen MR) is 110 cm³/mol. The van der Waals surface area contributed by atoms with E-state index in [9.17, 15) is 9.59 Å². The Hall–Kier alpha value is -3.40. The molecule has 166 valence electrons. The lowest BCUT2D eigenvalue weighted by Gasteiger charge is -2.57. The van der Waals surface area contributed by atoms with E-state index in [0.717, 1.165) is 0 Å². The number of aromatic nitrogens is 2. The van der Waals surface area contributed by atoms with Crippen LogP contribution in [0.1, 0.15) is 19.4 Å². The number of morpholine rings is 1. The average Bonchev–Trinajstić information content (AvgIpc) is 2.74. The number of benzene rings is 1. The highest BCUT2D eigenvalue weighted by Gasteiger charge is 2.60. The second-order valence-corrected chi connectivity index (χ2v) is 8.43. The summed E-state index contributed by atoms with van der Waals surface area (Å²) in [7, 11) is 0. The minimum Gasteiger partial charge on any atom is -0.372 e. The smallest absolute Gasteiger partial charge is 0.325 e. The zero-order valence-electron chi connectivity index (χ0n) is 17.5. The van der Waals surface area contributed by atoms with Crippen LogP contribution >= 0.6 is 0 Å². The Bertz CT molecular complexity index is 1140. The molecule has 2 N–H and O–H groups in total. The fraction of sp³-hybridized carbons (Fsp3) is 0.364. The van der Waals surface area contributed by atoms with Crippen LogP contribution in [0.25, 0.3) is 11.3 Å². The average molecular weight is 441 g/mol. The van der Waals surface area contributed by atoms with Crippen LogP contribution in [0.4, 0.5) is 19.3 Å². The van der Waals surface area contributed by atoms with Gasteiger partial charge in [0, 0.05) is 30.2 Å². The number of carbonyl (C=O) groups excluding carboxylic acids is 2. The Labute approximate surface area is 182 Å². The van der Waals surface area contributed by atoms with Crippen LogP contribution in [0.5, 0.6) is 0 Å². The molecule has 0 aliphatic carbocycles. The van der Waals surface area contributed by atoms with Crippen molar-refractivity contribution in [2.45, 2.75) is 38.5 Å². The molecule has 4 atom stereocenters. The normalized spacial score (nSPS) is 29.3. The van der Waals surface area contributed by atoms with E-state index in [0.29, 0.717) is 5.56 Å². The van der Waals surface area contributed by atoms with Gasteiger partial charge in [-0.05, 0) is 31.9 Å². The highest BCUT2D eigenvalue weighted by molar-refractivity contribution is 6.04. The first kappa shape index (κ1) is 20.5. The van der Waals surface area contributed by atoms with Crippen molar-refractivity contribution in [3.8, 4) is 11.3 Å². The van der Waals surface area contributed by atoms with Crippen LogP contribution in [0.2, 0.25) is 0 Å². The number of hydrogen-bond acceptors (Lipinski definition) is 6. The molecule has 5 rings (SSSR count). The van der Waals surface area contributed by atoms with E-state index >= 15 is 8.78 Å². The summed E-state index contributed by atoms with van der Waals surface area (Å²) >= 11 is 0. The molecule has 1 aromatic heterocycles. The third-order valence-corrected chi connectivity index (χ3v) is 6.48. The second-order valence-electron chi connectivity index (χ2n) is 8.43. The standard InChI is InChI=1S/C22H21F2N5O3/c1-10-9-29-18-13(6-14(16(23)17(18)24)15-8-25-4-5-26-15)7-22(19(29)11(2)32-10)12(3)27-21(31)28-20(22)30/h4-6,8,10-11,19H,3,7,9H2,1-2H3,(H2,27,28,30,31)/t10-,11+,19-,22?/m1/s1. The molecule has 1 unspecified atom stereocenters. The van der Waals surface area contributed by atoms with Crippen molar-refractivity contribution in [3.63, 3.8) is 0 Å². The fourth-order valence-electron chi connectivity index (χ4n) is 5.30. The molecule has 0 bridgehead atoms. The van der Waals surface area contributed by atoms with Crippen LogP contribution in [-0.4, -0.2) is 46.7 Å². The number of nitrogens with zero attached hydrogens (tertiary/aromatic N) is 3. The highest BCUT2D eigenvalue weighted by Crippen LogP contribution is 2.51. The summed E-state index contributed by atoms with van der Waals surface area (Å²) in [6.07, 6.45) is 3.36. The quantitative estimate of drug-likeness (QED) is 0.705. The summed E-state index contributed by atoms with van der Waals surface area (Å²) in [6.45, 7) is 7.80. The lowest BCUT2D eigenvalue weighted by Crippen LogP contribution is -2.72. The van der Waals surface area contributed by atoms with Gasteiger partial charge in [0.15, 0.2) is 11.6 Å². The molecule has 0 radical (unpaired) electrons. The van der Waals surface area contributed by atoms with Crippen LogP contribution < -0.4 is 15.5 Å². The third-order valence-electron chi connectivity index (χ3n) is 6.48. The number of imide groups is 1. The zero-order valence-corrected chi connectivity index (χ0v) is 17.5.